The fraction of sp³-hybridized carbons (Fsp3) is 0.156. The van der Waals surface area contributed by atoms with Crippen LogP contribution in [0, 0.1) is 6.92 Å². The number of aromatic nitrogens is 1. The summed E-state index contributed by atoms with van der Waals surface area (Å²) in [6.07, 6.45) is 3.20. The van der Waals surface area contributed by atoms with Crippen LogP contribution in [0.15, 0.2) is 95.2 Å². The molecule has 8 nitrogen and oxygen atoms in total. The summed E-state index contributed by atoms with van der Waals surface area (Å²) >= 11 is 3.33. The fourth-order valence-electron chi connectivity index (χ4n) is 4.81. The first-order valence-electron chi connectivity index (χ1n) is 12.8. The standard InChI is InChI=1S/C32H27BrN2O6/c1-19-4-3-5-21(14-19)18-41-24-8-6-22(7-9-24)29(36)27-28(23-15-25(33)30(37)26(16-23)40-2)35(32(39)31(27)38)17-20-10-12-34-13-11-20/h3-16,28,36-37H,17-18H2,1-2H3/b29-27+. The lowest BCUT2D eigenvalue weighted by Crippen LogP contribution is -2.29. The van der Waals surface area contributed by atoms with Crippen molar-refractivity contribution < 1.29 is 29.3 Å². The number of amides is 1. The molecule has 1 unspecified atom stereocenters. The SMILES string of the molecule is COc1cc(C2/C(=C(\O)c3ccc(OCc4cccc(C)c4)cc3)C(=O)C(=O)N2Cc2ccncc2)cc(Br)c1O. The second kappa shape index (κ2) is 11.9. The van der Waals surface area contributed by atoms with Crippen LogP contribution in [0.2, 0.25) is 0 Å². The van der Waals surface area contributed by atoms with Gasteiger partial charge in [-0.1, -0.05) is 29.8 Å². The maximum Gasteiger partial charge on any atom is 0.295 e. The monoisotopic (exact) mass is 614 g/mol. The first kappa shape index (κ1) is 27.9. The van der Waals surface area contributed by atoms with Crippen molar-refractivity contribution in [2.24, 2.45) is 0 Å². The van der Waals surface area contributed by atoms with E-state index in [2.05, 4.69) is 20.9 Å². The summed E-state index contributed by atoms with van der Waals surface area (Å²) in [6, 6.07) is 20.4. The molecule has 1 aliphatic rings. The molecule has 0 saturated carbocycles. The Hall–Kier alpha value is -4.63. The van der Waals surface area contributed by atoms with Crippen molar-refractivity contribution in [2.75, 3.05) is 7.11 Å². The van der Waals surface area contributed by atoms with Crippen LogP contribution in [0.1, 0.15) is 33.9 Å². The zero-order chi connectivity index (χ0) is 29.1. The first-order valence-corrected chi connectivity index (χ1v) is 13.6. The second-order valence-corrected chi connectivity index (χ2v) is 10.5. The smallest absolute Gasteiger partial charge is 0.295 e. The van der Waals surface area contributed by atoms with E-state index in [4.69, 9.17) is 9.47 Å². The maximum atomic E-state index is 13.4. The summed E-state index contributed by atoms with van der Waals surface area (Å²) in [5.41, 5.74) is 3.68. The van der Waals surface area contributed by atoms with Crippen molar-refractivity contribution in [1.82, 2.24) is 9.88 Å². The summed E-state index contributed by atoms with van der Waals surface area (Å²) < 4.78 is 11.5. The lowest BCUT2D eigenvalue weighted by Gasteiger charge is -2.26. The lowest BCUT2D eigenvalue weighted by atomic mass is 9.94. The van der Waals surface area contributed by atoms with E-state index in [1.54, 1.807) is 60.9 Å². The van der Waals surface area contributed by atoms with Gasteiger partial charge in [0.2, 0.25) is 0 Å². The molecule has 1 saturated heterocycles. The topological polar surface area (TPSA) is 109 Å². The maximum absolute atomic E-state index is 13.4. The number of nitrogens with zero attached hydrogens (tertiary/aromatic N) is 2. The molecule has 1 aromatic heterocycles. The van der Waals surface area contributed by atoms with Crippen LogP contribution in [0.3, 0.4) is 0 Å². The number of ketones is 1. The van der Waals surface area contributed by atoms with Crippen molar-refractivity contribution in [3.8, 4) is 17.2 Å². The molecular weight excluding hydrogens is 588 g/mol. The Morgan fingerprint density at radius 2 is 1.73 bits per heavy atom. The summed E-state index contributed by atoms with van der Waals surface area (Å²) in [4.78, 5) is 32.2. The van der Waals surface area contributed by atoms with Crippen LogP contribution >= 0.6 is 15.9 Å². The zero-order valence-electron chi connectivity index (χ0n) is 22.4. The molecule has 0 aliphatic carbocycles. The number of aliphatic hydroxyl groups excluding tert-OH is 1. The van der Waals surface area contributed by atoms with E-state index in [9.17, 15) is 19.8 Å². The van der Waals surface area contributed by atoms with Gasteiger partial charge in [0.25, 0.3) is 11.7 Å². The Balaban J connectivity index is 1.53. The molecule has 0 radical (unpaired) electrons. The van der Waals surface area contributed by atoms with Gasteiger partial charge in [0, 0.05) is 24.5 Å². The molecule has 1 fully saturated rings. The first-order chi connectivity index (χ1) is 19.8. The van der Waals surface area contributed by atoms with Gasteiger partial charge >= 0.3 is 0 Å². The van der Waals surface area contributed by atoms with E-state index in [1.807, 2.05) is 31.2 Å². The van der Waals surface area contributed by atoms with Crippen LogP contribution in [0.5, 0.6) is 17.2 Å². The van der Waals surface area contributed by atoms with Crippen LogP contribution in [-0.2, 0) is 22.7 Å². The molecule has 0 spiro atoms. The molecule has 2 N–H and O–H groups in total. The molecule has 2 heterocycles. The molecule has 5 rings (SSSR count). The van der Waals surface area contributed by atoms with Gasteiger partial charge in [0.1, 0.15) is 18.1 Å². The van der Waals surface area contributed by atoms with E-state index in [0.717, 1.165) is 16.7 Å². The van der Waals surface area contributed by atoms with Gasteiger partial charge in [0.15, 0.2) is 11.5 Å². The van der Waals surface area contributed by atoms with E-state index in [1.165, 1.54) is 12.0 Å². The van der Waals surface area contributed by atoms with E-state index < -0.39 is 17.7 Å². The molecule has 208 valence electrons. The number of phenols is 1. The van der Waals surface area contributed by atoms with Crippen molar-refractivity contribution in [3.63, 3.8) is 0 Å². The highest BCUT2D eigenvalue weighted by Crippen LogP contribution is 2.45. The molecule has 0 bridgehead atoms. The number of phenolic OH excluding ortho intramolecular Hbond substituents is 1. The van der Waals surface area contributed by atoms with Crippen molar-refractivity contribution in [1.29, 1.82) is 0 Å². The number of carbonyl (C=O) groups excluding carboxylic acids is 2. The van der Waals surface area contributed by atoms with E-state index >= 15 is 0 Å². The predicted molar refractivity (Wildman–Crippen MR) is 156 cm³/mol. The van der Waals surface area contributed by atoms with Gasteiger partial charge < -0.3 is 24.6 Å². The molecule has 41 heavy (non-hydrogen) atoms. The molecule has 1 amide bonds. The lowest BCUT2D eigenvalue weighted by molar-refractivity contribution is -0.140. The molecule has 1 atom stereocenters. The number of aromatic hydroxyl groups is 1. The second-order valence-electron chi connectivity index (χ2n) is 9.64. The zero-order valence-corrected chi connectivity index (χ0v) is 24.0. The number of likely N-dealkylation sites (tertiary alicyclic amines) is 1. The van der Waals surface area contributed by atoms with Crippen molar-refractivity contribution in [3.05, 3.63) is 123 Å². The number of ether oxygens (including phenoxy) is 2. The minimum Gasteiger partial charge on any atom is -0.507 e. The van der Waals surface area contributed by atoms with E-state index in [0.29, 0.717) is 28.0 Å². The molecule has 9 heteroatoms. The number of pyridine rings is 1. The minimum absolute atomic E-state index is 0.0721. The summed E-state index contributed by atoms with van der Waals surface area (Å²) in [7, 11) is 1.40. The van der Waals surface area contributed by atoms with Crippen LogP contribution in [-0.4, -0.2) is 38.9 Å². The minimum atomic E-state index is -0.953. The number of aliphatic hydroxyl groups is 1. The highest BCUT2D eigenvalue weighted by molar-refractivity contribution is 9.10. The van der Waals surface area contributed by atoms with Crippen LogP contribution in [0.4, 0.5) is 0 Å². The third kappa shape index (κ3) is 5.81. The Kier molecular flexibility index (Phi) is 8.07. The van der Waals surface area contributed by atoms with Gasteiger partial charge in [-0.3, -0.25) is 14.6 Å². The predicted octanol–water partition coefficient (Wildman–Crippen LogP) is 6.07. The Labute approximate surface area is 245 Å². The average Bonchev–Trinajstić information content (AvgIpc) is 3.23. The largest absolute Gasteiger partial charge is 0.507 e. The van der Waals surface area contributed by atoms with Crippen molar-refractivity contribution in [2.45, 2.75) is 26.1 Å². The number of benzene rings is 3. The number of aryl methyl sites for hydroxylation is 1. The Morgan fingerprint density at radius 1 is 1.00 bits per heavy atom. The third-order valence-electron chi connectivity index (χ3n) is 6.84. The number of halogens is 1. The fourth-order valence-corrected chi connectivity index (χ4v) is 5.27. The van der Waals surface area contributed by atoms with Gasteiger partial charge in [-0.2, -0.15) is 0 Å². The normalized spacial score (nSPS) is 16.2. The van der Waals surface area contributed by atoms with E-state index in [-0.39, 0.29) is 29.4 Å². The molecular formula is C32H27BrN2O6. The van der Waals surface area contributed by atoms with Crippen LogP contribution < -0.4 is 9.47 Å². The number of Topliss-reactive ketones (excluding diaryl/α,β-unsaturated/α-hetero) is 1. The van der Waals surface area contributed by atoms with Crippen LogP contribution in [0.25, 0.3) is 5.76 Å². The highest BCUT2D eigenvalue weighted by Gasteiger charge is 2.46. The van der Waals surface area contributed by atoms with Gasteiger partial charge in [-0.15, -0.1) is 0 Å². The number of hydrogen-bond acceptors (Lipinski definition) is 7. The quantitative estimate of drug-likeness (QED) is 0.141. The third-order valence-corrected chi connectivity index (χ3v) is 7.45. The number of hydrogen-bond donors (Lipinski definition) is 2. The van der Waals surface area contributed by atoms with Gasteiger partial charge in [-0.25, -0.2) is 0 Å². The number of carbonyl (C=O) groups is 2. The number of methoxy groups -OCH3 is 1. The number of rotatable bonds is 8. The molecule has 4 aromatic rings. The molecule has 1 aliphatic heterocycles. The summed E-state index contributed by atoms with van der Waals surface area (Å²) in [6.45, 7) is 2.49. The summed E-state index contributed by atoms with van der Waals surface area (Å²) in [5, 5.41) is 21.8. The highest BCUT2D eigenvalue weighted by atomic mass is 79.9. The Morgan fingerprint density at radius 3 is 2.41 bits per heavy atom. The van der Waals surface area contributed by atoms with Gasteiger partial charge in [0.05, 0.1) is 23.2 Å². The van der Waals surface area contributed by atoms with Gasteiger partial charge in [-0.05, 0) is 88.1 Å². The van der Waals surface area contributed by atoms with Crippen molar-refractivity contribution >= 4 is 33.4 Å². The Bertz CT molecular complexity index is 1640. The average molecular weight is 615 g/mol. The summed E-state index contributed by atoms with van der Waals surface area (Å²) in [5.74, 6) is -1.27. The molecule has 3 aromatic carbocycles.